The maximum atomic E-state index is 13.1. The largest absolute Gasteiger partial charge is 0.435 e. The summed E-state index contributed by atoms with van der Waals surface area (Å²) in [5.41, 5.74) is 2.36. The number of anilines is 1. The van der Waals surface area contributed by atoms with E-state index < -0.39 is 6.61 Å². The van der Waals surface area contributed by atoms with Gasteiger partial charge >= 0.3 is 6.61 Å². The van der Waals surface area contributed by atoms with E-state index in [0.29, 0.717) is 12.1 Å². The number of rotatable bonds is 9. The normalized spacial score (nSPS) is 10.9. The minimum absolute atomic E-state index is 0.0351. The topological polar surface area (TPSA) is 68.5 Å². The Labute approximate surface area is 193 Å². The van der Waals surface area contributed by atoms with E-state index >= 15 is 0 Å². The lowest BCUT2D eigenvalue weighted by Gasteiger charge is -2.22. The second kappa shape index (κ2) is 10.7. The van der Waals surface area contributed by atoms with E-state index in [0.717, 1.165) is 23.0 Å². The van der Waals surface area contributed by atoms with Gasteiger partial charge in [-0.3, -0.25) is 4.79 Å². The highest BCUT2D eigenvalue weighted by molar-refractivity contribution is 7.99. The van der Waals surface area contributed by atoms with Crippen LogP contribution in [0.15, 0.2) is 94.6 Å². The molecule has 0 aliphatic heterocycles. The summed E-state index contributed by atoms with van der Waals surface area (Å²) in [4.78, 5) is 14.8. The number of benzene rings is 3. The number of ether oxygens (including phenoxy) is 1. The van der Waals surface area contributed by atoms with Gasteiger partial charge in [-0.1, -0.05) is 60.3 Å². The molecule has 4 rings (SSSR count). The van der Waals surface area contributed by atoms with E-state index in [1.807, 2.05) is 60.7 Å². The van der Waals surface area contributed by atoms with Crippen LogP contribution in [0, 0.1) is 0 Å². The lowest BCUT2D eigenvalue weighted by atomic mass is 10.2. The average Bonchev–Trinajstić information content (AvgIpc) is 3.31. The molecule has 1 amide bonds. The zero-order valence-corrected chi connectivity index (χ0v) is 18.1. The predicted octanol–water partition coefficient (Wildman–Crippen LogP) is 5.66. The minimum Gasteiger partial charge on any atom is -0.435 e. The summed E-state index contributed by atoms with van der Waals surface area (Å²) in [5.74, 6) is 0.249. The third kappa shape index (κ3) is 6.17. The molecule has 0 N–H and O–H groups in total. The molecule has 4 aromatic rings. The Hall–Kier alpha value is -3.72. The number of alkyl halides is 2. The van der Waals surface area contributed by atoms with Gasteiger partial charge in [0.25, 0.3) is 5.22 Å². The van der Waals surface area contributed by atoms with Crippen LogP contribution in [0.1, 0.15) is 5.56 Å². The SMILES string of the molecule is O=C(CSc1nnc(-c2ccc(OC(F)F)cc2)o1)N(Cc1ccccc1)c1ccccc1. The molecule has 0 saturated carbocycles. The van der Waals surface area contributed by atoms with Crippen LogP contribution < -0.4 is 9.64 Å². The first-order valence-electron chi connectivity index (χ1n) is 9.99. The van der Waals surface area contributed by atoms with Crippen molar-refractivity contribution in [3.8, 4) is 17.2 Å². The number of carbonyl (C=O) groups is 1. The maximum Gasteiger partial charge on any atom is 0.387 e. The van der Waals surface area contributed by atoms with Gasteiger partial charge in [-0.2, -0.15) is 8.78 Å². The van der Waals surface area contributed by atoms with Gasteiger partial charge in [0, 0.05) is 11.3 Å². The lowest BCUT2D eigenvalue weighted by Crippen LogP contribution is -2.31. The van der Waals surface area contributed by atoms with Crippen LogP contribution in [0.5, 0.6) is 5.75 Å². The smallest absolute Gasteiger partial charge is 0.387 e. The molecule has 0 unspecified atom stereocenters. The van der Waals surface area contributed by atoms with Crippen molar-refractivity contribution >= 4 is 23.4 Å². The van der Waals surface area contributed by atoms with Gasteiger partial charge < -0.3 is 14.1 Å². The second-order valence-corrected chi connectivity index (χ2v) is 7.79. The molecule has 33 heavy (non-hydrogen) atoms. The van der Waals surface area contributed by atoms with Gasteiger partial charge in [0.2, 0.25) is 11.8 Å². The summed E-state index contributed by atoms with van der Waals surface area (Å²) in [6.45, 7) is -2.45. The molecule has 0 saturated heterocycles. The van der Waals surface area contributed by atoms with E-state index in [2.05, 4.69) is 14.9 Å². The highest BCUT2D eigenvalue weighted by Gasteiger charge is 2.18. The molecule has 0 aliphatic carbocycles. The quantitative estimate of drug-likeness (QED) is 0.296. The summed E-state index contributed by atoms with van der Waals surface area (Å²) in [6, 6.07) is 25.1. The van der Waals surface area contributed by atoms with E-state index in [9.17, 15) is 13.6 Å². The molecular weight excluding hydrogens is 448 g/mol. The van der Waals surface area contributed by atoms with Crippen LogP contribution in [-0.2, 0) is 11.3 Å². The third-order valence-electron chi connectivity index (χ3n) is 4.60. The van der Waals surface area contributed by atoms with E-state index in [1.165, 1.54) is 12.1 Å². The van der Waals surface area contributed by atoms with Crippen LogP contribution in [0.3, 0.4) is 0 Å². The molecule has 0 atom stereocenters. The van der Waals surface area contributed by atoms with Crippen LogP contribution in [-0.4, -0.2) is 28.5 Å². The van der Waals surface area contributed by atoms with Crippen molar-refractivity contribution in [1.29, 1.82) is 0 Å². The first-order chi connectivity index (χ1) is 16.1. The van der Waals surface area contributed by atoms with Gasteiger partial charge in [0.05, 0.1) is 12.3 Å². The fourth-order valence-corrected chi connectivity index (χ4v) is 3.70. The van der Waals surface area contributed by atoms with Crippen molar-refractivity contribution in [3.05, 3.63) is 90.5 Å². The molecule has 6 nitrogen and oxygen atoms in total. The monoisotopic (exact) mass is 467 g/mol. The highest BCUT2D eigenvalue weighted by atomic mass is 32.2. The van der Waals surface area contributed by atoms with Gasteiger partial charge in [-0.05, 0) is 42.0 Å². The summed E-state index contributed by atoms with van der Waals surface area (Å²) in [7, 11) is 0. The Bertz CT molecular complexity index is 1170. The maximum absolute atomic E-state index is 13.1. The Kier molecular flexibility index (Phi) is 7.31. The molecule has 0 spiro atoms. The lowest BCUT2D eigenvalue weighted by molar-refractivity contribution is -0.116. The molecule has 9 heteroatoms. The molecule has 0 radical (unpaired) electrons. The summed E-state index contributed by atoms with van der Waals surface area (Å²) in [6.07, 6.45) is 0. The van der Waals surface area contributed by atoms with Crippen molar-refractivity contribution in [2.45, 2.75) is 18.4 Å². The van der Waals surface area contributed by atoms with Gasteiger partial charge in [-0.25, -0.2) is 0 Å². The number of hydrogen-bond donors (Lipinski definition) is 0. The van der Waals surface area contributed by atoms with Crippen molar-refractivity contribution in [2.75, 3.05) is 10.7 Å². The first kappa shape index (κ1) is 22.5. The van der Waals surface area contributed by atoms with Crippen LogP contribution in [0.4, 0.5) is 14.5 Å². The molecule has 1 aromatic heterocycles. The highest BCUT2D eigenvalue weighted by Crippen LogP contribution is 2.26. The summed E-state index contributed by atoms with van der Waals surface area (Å²) >= 11 is 1.13. The number of para-hydroxylation sites is 1. The Morgan fingerprint density at radius 2 is 1.61 bits per heavy atom. The molecule has 168 valence electrons. The molecule has 3 aromatic carbocycles. The average molecular weight is 467 g/mol. The summed E-state index contributed by atoms with van der Waals surface area (Å²) in [5, 5.41) is 8.19. The number of amides is 1. The van der Waals surface area contributed by atoms with E-state index in [-0.39, 0.29) is 28.5 Å². The van der Waals surface area contributed by atoms with Gasteiger partial charge in [-0.15, -0.1) is 10.2 Å². The van der Waals surface area contributed by atoms with Crippen molar-refractivity contribution in [1.82, 2.24) is 10.2 Å². The van der Waals surface area contributed by atoms with Crippen molar-refractivity contribution in [3.63, 3.8) is 0 Å². The zero-order chi connectivity index (χ0) is 23.0. The fraction of sp³-hybridized carbons (Fsp3) is 0.125. The number of aromatic nitrogens is 2. The number of carbonyl (C=O) groups excluding carboxylic acids is 1. The Morgan fingerprint density at radius 1 is 0.939 bits per heavy atom. The second-order valence-electron chi connectivity index (χ2n) is 6.87. The fourth-order valence-electron chi connectivity index (χ4n) is 3.06. The standard InChI is InChI=1S/C24H19F2N3O3S/c25-23(26)31-20-13-11-18(12-14-20)22-27-28-24(32-22)33-16-21(30)29(19-9-5-2-6-10-19)15-17-7-3-1-4-8-17/h1-14,23H,15-16H2. The molecule has 1 heterocycles. The molecular formula is C24H19F2N3O3S. The Balaban J connectivity index is 1.42. The number of hydrogen-bond acceptors (Lipinski definition) is 6. The van der Waals surface area contributed by atoms with Gasteiger partial charge in [0.15, 0.2) is 0 Å². The van der Waals surface area contributed by atoms with E-state index in [4.69, 9.17) is 4.42 Å². The van der Waals surface area contributed by atoms with Crippen LogP contribution >= 0.6 is 11.8 Å². The molecule has 0 fully saturated rings. The molecule has 0 aliphatic rings. The van der Waals surface area contributed by atoms with Crippen molar-refractivity contribution < 1.29 is 22.7 Å². The number of halogens is 2. The van der Waals surface area contributed by atoms with E-state index in [1.54, 1.807) is 17.0 Å². The van der Waals surface area contributed by atoms with Crippen molar-refractivity contribution in [2.24, 2.45) is 0 Å². The van der Waals surface area contributed by atoms with Crippen LogP contribution in [0.25, 0.3) is 11.5 Å². The predicted molar refractivity (Wildman–Crippen MR) is 121 cm³/mol. The minimum atomic E-state index is -2.89. The Morgan fingerprint density at radius 3 is 2.27 bits per heavy atom. The van der Waals surface area contributed by atoms with Gasteiger partial charge in [0.1, 0.15) is 5.75 Å². The number of thioether (sulfide) groups is 1. The molecule has 0 bridgehead atoms. The third-order valence-corrected chi connectivity index (χ3v) is 5.41. The first-order valence-corrected chi connectivity index (χ1v) is 11.0. The summed E-state index contributed by atoms with van der Waals surface area (Å²) < 4.78 is 34.5. The van der Waals surface area contributed by atoms with Crippen LogP contribution in [0.2, 0.25) is 0 Å². The number of nitrogens with zero attached hydrogens (tertiary/aromatic N) is 3. The zero-order valence-electron chi connectivity index (χ0n) is 17.3.